The topological polar surface area (TPSA) is 40.5 Å². The molecule has 3 heteroatoms. The lowest BCUT2D eigenvalue weighted by atomic mass is 9.83. The number of hydrogen-bond donors (Lipinski definition) is 1. The monoisotopic (exact) mass is 271 g/mol. The first kappa shape index (κ1) is 14.6. The van der Waals surface area contributed by atoms with Crippen LogP contribution in [0.1, 0.15) is 36.8 Å². The van der Waals surface area contributed by atoms with E-state index in [0.29, 0.717) is 18.9 Å². The smallest absolute Gasteiger partial charge is 0.222 e. The van der Waals surface area contributed by atoms with Crippen molar-refractivity contribution in [2.24, 2.45) is 5.92 Å². The number of hydrogen-bond acceptors (Lipinski definition) is 2. The zero-order valence-corrected chi connectivity index (χ0v) is 11.9. The average Bonchev–Trinajstić information content (AvgIpc) is 2.41. The summed E-state index contributed by atoms with van der Waals surface area (Å²) < 4.78 is 0. The first-order valence-corrected chi connectivity index (χ1v) is 7.11. The summed E-state index contributed by atoms with van der Waals surface area (Å²) in [4.78, 5) is 13.8. The molecule has 1 aromatic carbocycles. The van der Waals surface area contributed by atoms with Gasteiger partial charge in [0.15, 0.2) is 0 Å². The van der Waals surface area contributed by atoms with E-state index in [4.69, 9.17) is 5.11 Å². The first-order chi connectivity index (χ1) is 9.69. The standard InChI is InChI=1S/C17H21NO2/c1-18(17(20)12-15-4-2-5-15)13-16-9-7-14(8-10-16)6-3-11-19/h7-10,15,19H,2,4-5,11-13H2,1H3. The van der Waals surface area contributed by atoms with Gasteiger partial charge < -0.3 is 10.0 Å². The Morgan fingerprint density at radius 2 is 2.05 bits per heavy atom. The number of aliphatic hydroxyl groups is 1. The second-order valence-corrected chi connectivity index (χ2v) is 5.41. The molecular weight excluding hydrogens is 250 g/mol. The van der Waals surface area contributed by atoms with Crippen LogP contribution in [0.4, 0.5) is 0 Å². The summed E-state index contributed by atoms with van der Waals surface area (Å²) in [6.45, 7) is 0.513. The zero-order chi connectivity index (χ0) is 14.4. The molecular formula is C17H21NO2. The molecule has 2 rings (SSSR count). The van der Waals surface area contributed by atoms with E-state index < -0.39 is 0 Å². The van der Waals surface area contributed by atoms with Gasteiger partial charge in [0.05, 0.1) is 0 Å². The quantitative estimate of drug-likeness (QED) is 0.853. The van der Waals surface area contributed by atoms with Gasteiger partial charge in [-0.3, -0.25) is 4.79 Å². The van der Waals surface area contributed by atoms with Gasteiger partial charge >= 0.3 is 0 Å². The van der Waals surface area contributed by atoms with Gasteiger partial charge in [0, 0.05) is 25.6 Å². The first-order valence-electron chi connectivity index (χ1n) is 7.11. The van der Waals surface area contributed by atoms with Crippen molar-refractivity contribution in [3.05, 3.63) is 35.4 Å². The Bertz CT molecular complexity index is 506. The molecule has 0 aromatic heterocycles. The number of aliphatic hydroxyl groups excluding tert-OH is 1. The minimum absolute atomic E-state index is 0.125. The summed E-state index contributed by atoms with van der Waals surface area (Å²) in [6, 6.07) is 7.80. The summed E-state index contributed by atoms with van der Waals surface area (Å²) in [6.07, 6.45) is 4.38. The Balaban J connectivity index is 1.86. The van der Waals surface area contributed by atoms with Crippen LogP contribution in [-0.4, -0.2) is 29.6 Å². The Morgan fingerprint density at radius 1 is 1.35 bits per heavy atom. The van der Waals surface area contributed by atoms with Crippen LogP contribution >= 0.6 is 0 Å². The second-order valence-electron chi connectivity index (χ2n) is 5.41. The van der Waals surface area contributed by atoms with Gasteiger partial charge in [-0.25, -0.2) is 0 Å². The van der Waals surface area contributed by atoms with Crippen LogP contribution < -0.4 is 0 Å². The molecule has 1 aromatic rings. The maximum absolute atomic E-state index is 12.0. The molecule has 106 valence electrons. The minimum atomic E-state index is -0.125. The van der Waals surface area contributed by atoms with E-state index in [1.807, 2.05) is 31.3 Å². The highest BCUT2D eigenvalue weighted by Gasteiger charge is 2.22. The maximum atomic E-state index is 12.0. The number of nitrogens with zero attached hydrogens (tertiary/aromatic N) is 1. The Labute approximate surface area is 120 Å². The number of carbonyl (C=O) groups excluding carboxylic acids is 1. The predicted molar refractivity (Wildman–Crippen MR) is 78.8 cm³/mol. The number of carbonyl (C=O) groups is 1. The highest BCUT2D eigenvalue weighted by molar-refractivity contribution is 5.76. The normalized spacial score (nSPS) is 14.1. The molecule has 0 spiro atoms. The van der Waals surface area contributed by atoms with Crippen molar-refractivity contribution in [3.63, 3.8) is 0 Å². The molecule has 0 bridgehead atoms. The van der Waals surface area contributed by atoms with E-state index in [1.54, 1.807) is 4.90 Å². The van der Waals surface area contributed by atoms with E-state index in [-0.39, 0.29) is 12.5 Å². The molecule has 1 aliphatic carbocycles. The predicted octanol–water partition coefficient (Wildman–Crippen LogP) is 2.18. The van der Waals surface area contributed by atoms with Crippen molar-refractivity contribution in [1.29, 1.82) is 0 Å². The van der Waals surface area contributed by atoms with Gasteiger partial charge in [0.1, 0.15) is 6.61 Å². The molecule has 0 heterocycles. The highest BCUT2D eigenvalue weighted by Crippen LogP contribution is 2.29. The van der Waals surface area contributed by atoms with Gasteiger partial charge in [-0.05, 0) is 36.5 Å². The van der Waals surface area contributed by atoms with Crippen molar-refractivity contribution in [1.82, 2.24) is 4.90 Å². The molecule has 1 N–H and O–H groups in total. The van der Waals surface area contributed by atoms with Crippen molar-refractivity contribution in [2.75, 3.05) is 13.7 Å². The molecule has 0 saturated heterocycles. The SMILES string of the molecule is CN(Cc1ccc(C#CCO)cc1)C(=O)CC1CCC1. The molecule has 20 heavy (non-hydrogen) atoms. The van der Waals surface area contributed by atoms with Crippen molar-refractivity contribution in [3.8, 4) is 11.8 Å². The molecule has 1 saturated carbocycles. The summed E-state index contributed by atoms with van der Waals surface area (Å²) in [5.74, 6) is 6.32. The third-order valence-electron chi connectivity index (χ3n) is 3.80. The number of amides is 1. The Kier molecular flexibility index (Phi) is 5.20. The lowest BCUT2D eigenvalue weighted by Crippen LogP contribution is -2.29. The van der Waals surface area contributed by atoms with E-state index in [2.05, 4.69) is 11.8 Å². The van der Waals surface area contributed by atoms with Crippen LogP contribution in [0.15, 0.2) is 24.3 Å². The maximum Gasteiger partial charge on any atom is 0.222 e. The van der Waals surface area contributed by atoms with Crippen LogP contribution in [-0.2, 0) is 11.3 Å². The van der Waals surface area contributed by atoms with Gasteiger partial charge in [0.2, 0.25) is 5.91 Å². The van der Waals surface area contributed by atoms with Crippen molar-refractivity contribution >= 4 is 5.91 Å². The fraction of sp³-hybridized carbons (Fsp3) is 0.471. The fourth-order valence-corrected chi connectivity index (χ4v) is 2.30. The third-order valence-corrected chi connectivity index (χ3v) is 3.80. The fourth-order valence-electron chi connectivity index (χ4n) is 2.30. The number of benzene rings is 1. The summed E-state index contributed by atoms with van der Waals surface area (Å²) in [7, 11) is 1.86. The van der Waals surface area contributed by atoms with Gasteiger partial charge in [-0.15, -0.1) is 0 Å². The van der Waals surface area contributed by atoms with Crippen LogP contribution in [0.25, 0.3) is 0 Å². The van der Waals surface area contributed by atoms with E-state index in [1.165, 1.54) is 19.3 Å². The third kappa shape index (κ3) is 4.11. The molecule has 1 aliphatic rings. The van der Waals surface area contributed by atoms with Gasteiger partial charge in [-0.2, -0.15) is 0 Å². The summed E-state index contributed by atoms with van der Waals surface area (Å²) in [5, 5.41) is 8.64. The van der Waals surface area contributed by atoms with E-state index in [9.17, 15) is 4.79 Å². The molecule has 0 aliphatic heterocycles. The lowest BCUT2D eigenvalue weighted by Gasteiger charge is -2.27. The van der Waals surface area contributed by atoms with Crippen molar-refractivity contribution < 1.29 is 9.90 Å². The lowest BCUT2D eigenvalue weighted by molar-refractivity contribution is -0.132. The summed E-state index contributed by atoms with van der Waals surface area (Å²) in [5.41, 5.74) is 1.98. The second kappa shape index (κ2) is 7.12. The van der Waals surface area contributed by atoms with Crippen LogP contribution in [0, 0.1) is 17.8 Å². The van der Waals surface area contributed by atoms with E-state index in [0.717, 1.165) is 11.1 Å². The Morgan fingerprint density at radius 3 is 2.60 bits per heavy atom. The van der Waals surface area contributed by atoms with Crippen molar-refractivity contribution in [2.45, 2.75) is 32.2 Å². The van der Waals surface area contributed by atoms with Crippen LogP contribution in [0.5, 0.6) is 0 Å². The molecule has 0 atom stereocenters. The van der Waals surface area contributed by atoms with Crippen LogP contribution in [0.3, 0.4) is 0 Å². The van der Waals surface area contributed by atoms with Gasteiger partial charge in [-0.1, -0.05) is 30.4 Å². The molecule has 3 nitrogen and oxygen atoms in total. The minimum Gasteiger partial charge on any atom is -0.384 e. The zero-order valence-electron chi connectivity index (χ0n) is 11.9. The summed E-state index contributed by atoms with van der Waals surface area (Å²) >= 11 is 0. The van der Waals surface area contributed by atoms with Gasteiger partial charge in [0.25, 0.3) is 0 Å². The average molecular weight is 271 g/mol. The number of rotatable bonds is 4. The van der Waals surface area contributed by atoms with Crippen LogP contribution in [0.2, 0.25) is 0 Å². The van der Waals surface area contributed by atoms with E-state index >= 15 is 0 Å². The molecule has 1 fully saturated rings. The Hall–Kier alpha value is -1.79. The highest BCUT2D eigenvalue weighted by atomic mass is 16.2. The molecule has 1 amide bonds. The molecule has 0 radical (unpaired) electrons. The molecule has 0 unspecified atom stereocenters. The largest absolute Gasteiger partial charge is 0.384 e.